The van der Waals surface area contributed by atoms with Gasteiger partial charge in [-0.1, -0.05) is 30.3 Å². The standard InChI is InChI=1S/C24H30N6O3/c1-32-19-8-9-21(33-2)20(16-19)22(29-13-11-18(12-14-29)23(25)31)24-26-27-28-30(24)15-10-17-6-4-3-5-7-17/h3-9,16,18,22H,10-15H2,1-2H3,(H2,25,31)/t22-/m1/s1. The fourth-order valence-electron chi connectivity index (χ4n) is 4.44. The molecule has 1 aliphatic heterocycles. The van der Waals surface area contributed by atoms with Gasteiger partial charge in [-0.3, -0.25) is 9.69 Å². The van der Waals surface area contributed by atoms with Crippen LogP contribution >= 0.6 is 0 Å². The summed E-state index contributed by atoms with van der Waals surface area (Å²) in [6.45, 7) is 2.04. The number of piperidine rings is 1. The molecule has 0 unspecified atom stereocenters. The summed E-state index contributed by atoms with van der Waals surface area (Å²) < 4.78 is 13.1. The zero-order valence-electron chi connectivity index (χ0n) is 19.1. The lowest BCUT2D eigenvalue weighted by Crippen LogP contribution is -2.41. The number of nitrogens with two attached hydrogens (primary N) is 1. The largest absolute Gasteiger partial charge is 0.497 e. The van der Waals surface area contributed by atoms with E-state index in [9.17, 15) is 4.79 Å². The Bertz CT molecular complexity index is 1060. The van der Waals surface area contributed by atoms with Crippen LogP contribution in [0.2, 0.25) is 0 Å². The molecule has 2 N–H and O–H groups in total. The number of tetrazole rings is 1. The molecular formula is C24H30N6O3. The number of nitrogens with zero attached hydrogens (tertiary/aromatic N) is 5. The summed E-state index contributed by atoms with van der Waals surface area (Å²) in [6.07, 6.45) is 2.21. The Balaban J connectivity index is 1.69. The number of benzene rings is 2. The molecule has 2 aromatic carbocycles. The number of methoxy groups -OCH3 is 2. The number of aromatic nitrogens is 4. The van der Waals surface area contributed by atoms with E-state index < -0.39 is 0 Å². The number of aryl methyl sites for hydroxylation is 2. The van der Waals surface area contributed by atoms with Crippen LogP contribution in [0.25, 0.3) is 0 Å². The maximum absolute atomic E-state index is 11.7. The van der Waals surface area contributed by atoms with Crippen LogP contribution in [0.4, 0.5) is 0 Å². The number of hydrogen-bond donors (Lipinski definition) is 1. The van der Waals surface area contributed by atoms with Gasteiger partial charge in [-0.25, -0.2) is 4.68 Å². The molecular weight excluding hydrogens is 420 g/mol. The topological polar surface area (TPSA) is 108 Å². The van der Waals surface area contributed by atoms with Crippen molar-refractivity contribution in [3.63, 3.8) is 0 Å². The molecule has 3 aromatic rings. The van der Waals surface area contributed by atoms with Gasteiger partial charge in [-0.2, -0.15) is 0 Å². The van der Waals surface area contributed by atoms with Gasteiger partial charge in [0.1, 0.15) is 17.5 Å². The fraction of sp³-hybridized carbons (Fsp3) is 0.417. The van der Waals surface area contributed by atoms with Crippen LogP contribution in [-0.4, -0.2) is 58.3 Å². The first-order valence-corrected chi connectivity index (χ1v) is 11.2. The van der Waals surface area contributed by atoms with Gasteiger partial charge in [0.15, 0.2) is 5.82 Å². The number of rotatable bonds is 9. The van der Waals surface area contributed by atoms with Gasteiger partial charge in [0.05, 0.1) is 14.2 Å². The van der Waals surface area contributed by atoms with Crippen molar-refractivity contribution in [3.8, 4) is 11.5 Å². The minimum atomic E-state index is -0.255. The van der Waals surface area contributed by atoms with Crippen molar-refractivity contribution < 1.29 is 14.3 Å². The molecule has 0 bridgehead atoms. The second-order valence-corrected chi connectivity index (χ2v) is 8.22. The van der Waals surface area contributed by atoms with Crippen LogP contribution < -0.4 is 15.2 Å². The highest BCUT2D eigenvalue weighted by Gasteiger charge is 2.34. The molecule has 0 radical (unpaired) electrons. The van der Waals surface area contributed by atoms with Crippen LogP contribution in [0.5, 0.6) is 11.5 Å². The Kier molecular flexibility index (Phi) is 7.19. The maximum Gasteiger partial charge on any atom is 0.220 e. The van der Waals surface area contributed by atoms with Gasteiger partial charge in [-0.15, -0.1) is 5.10 Å². The van der Waals surface area contributed by atoms with Gasteiger partial charge in [0, 0.05) is 18.0 Å². The van der Waals surface area contributed by atoms with Gasteiger partial charge < -0.3 is 15.2 Å². The third kappa shape index (κ3) is 5.14. The van der Waals surface area contributed by atoms with E-state index in [2.05, 4.69) is 32.6 Å². The second kappa shape index (κ2) is 10.4. The molecule has 0 saturated carbocycles. The molecule has 1 saturated heterocycles. The summed E-state index contributed by atoms with van der Waals surface area (Å²) in [7, 11) is 3.29. The summed E-state index contributed by atoms with van der Waals surface area (Å²) in [4.78, 5) is 14.0. The Labute approximate surface area is 193 Å². The SMILES string of the molecule is COc1ccc(OC)c([C@H](c2nnnn2CCc2ccccc2)N2CCC(C(N)=O)CC2)c1. The van der Waals surface area contributed by atoms with Crippen molar-refractivity contribution in [1.29, 1.82) is 0 Å². The van der Waals surface area contributed by atoms with E-state index in [0.29, 0.717) is 32.5 Å². The fourth-order valence-corrected chi connectivity index (χ4v) is 4.44. The lowest BCUT2D eigenvalue weighted by Gasteiger charge is -2.36. The van der Waals surface area contributed by atoms with E-state index in [0.717, 1.165) is 29.3 Å². The molecule has 1 amide bonds. The maximum atomic E-state index is 11.7. The first-order chi connectivity index (χ1) is 16.1. The van der Waals surface area contributed by atoms with E-state index >= 15 is 0 Å². The highest BCUT2D eigenvalue weighted by Crippen LogP contribution is 2.38. The predicted octanol–water partition coefficient (Wildman–Crippen LogP) is 2.22. The number of carbonyl (C=O) groups excluding carboxylic acids is 1. The third-order valence-corrected chi connectivity index (χ3v) is 6.29. The monoisotopic (exact) mass is 450 g/mol. The molecule has 2 heterocycles. The molecule has 0 spiro atoms. The zero-order valence-corrected chi connectivity index (χ0v) is 19.1. The van der Waals surface area contributed by atoms with Gasteiger partial charge in [0.25, 0.3) is 0 Å². The van der Waals surface area contributed by atoms with Crippen molar-refractivity contribution in [2.75, 3.05) is 27.3 Å². The summed E-state index contributed by atoms with van der Waals surface area (Å²) >= 11 is 0. The van der Waals surface area contributed by atoms with Crippen molar-refractivity contribution in [2.24, 2.45) is 11.7 Å². The lowest BCUT2D eigenvalue weighted by molar-refractivity contribution is -0.123. The Hall–Kier alpha value is -3.46. The number of likely N-dealkylation sites (tertiary alicyclic amines) is 1. The Morgan fingerprint density at radius 1 is 1.12 bits per heavy atom. The lowest BCUT2D eigenvalue weighted by atomic mass is 9.93. The smallest absolute Gasteiger partial charge is 0.220 e. The van der Waals surface area contributed by atoms with E-state index in [1.165, 1.54) is 5.56 Å². The number of carbonyl (C=O) groups is 1. The zero-order chi connectivity index (χ0) is 23.2. The molecule has 33 heavy (non-hydrogen) atoms. The summed E-state index contributed by atoms with van der Waals surface area (Å²) in [5.41, 5.74) is 7.71. The molecule has 0 aliphatic carbocycles. The minimum Gasteiger partial charge on any atom is -0.497 e. The van der Waals surface area contributed by atoms with Crippen LogP contribution in [0.15, 0.2) is 48.5 Å². The van der Waals surface area contributed by atoms with Crippen molar-refractivity contribution in [1.82, 2.24) is 25.1 Å². The van der Waals surface area contributed by atoms with E-state index in [4.69, 9.17) is 15.2 Å². The van der Waals surface area contributed by atoms with Crippen LogP contribution in [-0.2, 0) is 17.8 Å². The van der Waals surface area contributed by atoms with E-state index in [1.807, 2.05) is 41.1 Å². The molecule has 9 heteroatoms. The van der Waals surface area contributed by atoms with Gasteiger partial charge in [0.2, 0.25) is 5.91 Å². The molecule has 9 nitrogen and oxygen atoms in total. The average Bonchev–Trinajstić information content (AvgIpc) is 3.32. The highest BCUT2D eigenvalue weighted by atomic mass is 16.5. The molecule has 1 atom stereocenters. The van der Waals surface area contributed by atoms with Gasteiger partial charge >= 0.3 is 0 Å². The first kappa shape index (κ1) is 22.7. The third-order valence-electron chi connectivity index (χ3n) is 6.29. The molecule has 1 aromatic heterocycles. The normalized spacial score (nSPS) is 15.8. The first-order valence-electron chi connectivity index (χ1n) is 11.2. The van der Waals surface area contributed by atoms with Crippen LogP contribution in [0.3, 0.4) is 0 Å². The Morgan fingerprint density at radius 2 is 1.88 bits per heavy atom. The van der Waals surface area contributed by atoms with Gasteiger partial charge in [-0.05, 0) is 66.5 Å². The summed E-state index contributed by atoms with van der Waals surface area (Å²) in [5.74, 6) is 1.85. The van der Waals surface area contributed by atoms with Crippen molar-refractivity contribution >= 4 is 5.91 Å². The van der Waals surface area contributed by atoms with E-state index in [-0.39, 0.29) is 17.9 Å². The number of primary amides is 1. The number of amides is 1. The summed E-state index contributed by atoms with van der Waals surface area (Å²) in [5, 5.41) is 12.7. The number of hydrogen-bond acceptors (Lipinski definition) is 7. The predicted molar refractivity (Wildman–Crippen MR) is 123 cm³/mol. The second-order valence-electron chi connectivity index (χ2n) is 8.22. The van der Waals surface area contributed by atoms with Crippen molar-refractivity contribution in [3.05, 3.63) is 65.5 Å². The highest BCUT2D eigenvalue weighted by molar-refractivity contribution is 5.76. The minimum absolute atomic E-state index is 0.108. The van der Waals surface area contributed by atoms with E-state index in [1.54, 1.807) is 14.2 Å². The summed E-state index contributed by atoms with van der Waals surface area (Å²) in [6, 6.07) is 15.8. The quantitative estimate of drug-likeness (QED) is 0.532. The Morgan fingerprint density at radius 3 is 2.55 bits per heavy atom. The van der Waals surface area contributed by atoms with Crippen LogP contribution in [0.1, 0.15) is 35.8 Å². The van der Waals surface area contributed by atoms with Crippen molar-refractivity contribution in [2.45, 2.75) is 31.8 Å². The number of ether oxygens (including phenoxy) is 2. The average molecular weight is 451 g/mol. The molecule has 1 fully saturated rings. The van der Waals surface area contributed by atoms with Crippen LogP contribution in [0, 0.1) is 5.92 Å². The molecule has 4 rings (SSSR count). The molecule has 174 valence electrons. The molecule has 1 aliphatic rings.